The van der Waals surface area contributed by atoms with Gasteiger partial charge in [0.2, 0.25) is 0 Å². The van der Waals surface area contributed by atoms with Crippen LogP contribution in [0.25, 0.3) is 0 Å². The topological polar surface area (TPSA) is 73.1 Å². The lowest BCUT2D eigenvalue weighted by Gasteiger charge is -2.25. The molecule has 0 aliphatic carbocycles. The Labute approximate surface area is 102 Å². The summed E-state index contributed by atoms with van der Waals surface area (Å²) < 4.78 is 5.45. The van der Waals surface area contributed by atoms with Gasteiger partial charge < -0.3 is 15.8 Å². The van der Waals surface area contributed by atoms with Gasteiger partial charge in [-0.3, -0.25) is 0 Å². The second-order valence-electron chi connectivity index (χ2n) is 4.73. The zero-order valence-electron chi connectivity index (χ0n) is 10.4. The fourth-order valence-electron chi connectivity index (χ4n) is 2.14. The maximum Gasteiger partial charge on any atom is 0.135 e. The summed E-state index contributed by atoms with van der Waals surface area (Å²) in [6.07, 6.45) is 3.71. The third kappa shape index (κ3) is 2.85. The van der Waals surface area contributed by atoms with Crippen molar-refractivity contribution in [3.8, 4) is 0 Å². The molecule has 3 N–H and O–H groups in total. The lowest BCUT2D eigenvalue weighted by Crippen LogP contribution is -2.31. The molecule has 0 spiro atoms. The maximum absolute atomic E-state index is 5.91. The van der Waals surface area contributed by atoms with Crippen LogP contribution in [0.1, 0.15) is 38.2 Å². The summed E-state index contributed by atoms with van der Waals surface area (Å²) in [6, 6.07) is 0.329. The minimum Gasteiger partial charge on any atom is -0.383 e. The second-order valence-corrected chi connectivity index (χ2v) is 4.73. The van der Waals surface area contributed by atoms with Crippen LogP contribution in [0.4, 0.5) is 11.6 Å². The van der Waals surface area contributed by atoms with E-state index >= 15 is 0 Å². The number of ether oxygens (including phenoxy) is 1. The minimum absolute atomic E-state index is 0.309. The van der Waals surface area contributed by atoms with E-state index in [2.05, 4.69) is 29.1 Å². The number of nitrogens with one attached hydrogen (secondary N) is 1. The van der Waals surface area contributed by atoms with E-state index < -0.39 is 0 Å². The Kier molecular flexibility index (Phi) is 3.78. The van der Waals surface area contributed by atoms with Crippen molar-refractivity contribution in [2.45, 2.75) is 38.6 Å². The van der Waals surface area contributed by atoms with Gasteiger partial charge in [0.05, 0.1) is 12.6 Å². The van der Waals surface area contributed by atoms with Crippen LogP contribution in [-0.2, 0) is 4.74 Å². The first-order valence-corrected chi connectivity index (χ1v) is 6.13. The van der Waals surface area contributed by atoms with E-state index in [1.165, 1.54) is 6.33 Å². The third-order valence-electron chi connectivity index (χ3n) is 2.99. The highest BCUT2D eigenvalue weighted by Crippen LogP contribution is 2.27. The highest BCUT2D eigenvalue weighted by molar-refractivity contribution is 5.57. The lowest BCUT2D eigenvalue weighted by molar-refractivity contribution is 0.0875. The number of hydrogen-bond donors (Lipinski definition) is 2. The molecule has 1 aliphatic heterocycles. The van der Waals surface area contributed by atoms with Crippen molar-refractivity contribution in [1.29, 1.82) is 0 Å². The fraction of sp³-hybridized carbons (Fsp3) is 0.667. The Balaban J connectivity index is 2.16. The van der Waals surface area contributed by atoms with Crippen LogP contribution in [0, 0.1) is 0 Å². The molecule has 17 heavy (non-hydrogen) atoms. The number of hydrogen-bond acceptors (Lipinski definition) is 5. The monoisotopic (exact) mass is 236 g/mol. The normalized spacial score (nSPS) is 20.5. The van der Waals surface area contributed by atoms with Crippen molar-refractivity contribution in [3.05, 3.63) is 11.9 Å². The highest BCUT2D eigenvalue weighted by Gasteiger charge is 2.18. The van der Waals surface area contributed by atoms with Crippen LogP contribution in [0.5, 0.6) is 0 Å². The number of nitrogens with two attached hydrogens (primary N) is 1. The van der Waals surface area contributed by atoms with Crippen LogP contribution in [0.15, 0.2) is 6.33 Å². The van der Waals surface area contributed by atoms with Crippen LogP contribution < -0.4 is 11.1 Å². The van der Waals surface area contributed by atoms with Gasteiger partial charge in [-0.15, -0.1) is 0 Å². The molecule has 5 nitrogen and oxygen atoms in total. The number of rotatable bonds is 3. The van der Waals surface area contributed by atoms with Crippen molar-refractivity contribution in [3.63, 3.8) is 0 Å². The second kappa shape index (κ2) is 5.31. The Hall–Kier alpha value is -1.36. The maximum atomic E-state index is 5.91. The largest absolute Gasteiger partial charge is 0.383 e. The summed E-state index contributed by atoms with van der Waals surface area (Å²) in [5.74, 6) is 1.72. The van der Waals surface area contributed by atoms with E-state index in [4.69, 9.17) is 10.5 Å². The summed E-state index contributed by atoms with van der Waals surface area (Å²) in [7, 11) is 0. The molecule has 1 atom stereocenters. The number of aromatic nitrogens is 2. The standard InChI is InChI=1S/C12H20N4O/c1-8(2)10-11(13)14-7-15-12(10)16-9-4-3-5-17-6-9/h7-9H,3-6H2,1-2H3,(H3,13,14,15,16). The van der Waals surface area contributed by atoms with Gasteiger partial charge in [-0.2, -0.15) is 0 Å². The summed E-state index contributed by atoms with van der Waals surface area (Å²) in [6.45, 7) is 5.79. The predicted octanol–water partition coefficient (Wildman–Crippen LogP) is 1.77. The molecule has 0 radical (unpaired) electrons. The van der Waals surface area contributed by atoms with Crippen LogP contribution in [-0.4, -0.2) is 29.2 Å². The molecule has 0 bridgehead atoms. The third-order valence-corrected chi connectivity index (χ3v) is 2.99. The highest BCUT2D eigenvalue weighted by atomic mass is 16.5. The molecular formula is C12H20N4O. The molecule has 1 aromatic rings. The van der Waals surface area contributed by atoms with Crippen LogP contribution in [0.3, 0.4) is 0 Å². The van der Waals surface area contributed by atoms with Gasteiger partial charge >= 0.3 is 0 Å². The number of anilines is 2. The number of nitrogens with zero attached hydrogens (tertiary/aromatic N) is 2. The van der Waals surface area contributed by atoms with Crippen molar-refractivity contribution in [1.82, 2.24) is 9.97 Å². The first-order chi connectivity index (χ1) is 8.18. The summed E-state index contributed by atoms with van der Waals surface area (Å²) in [5.41, 5.74) is 6.90. The molecule has 0 aromatic carbocycles. The van der Waals surface area contributed by atoms with E-state index in [0.29, 0.717) is 17.8 Å². The van der Waals surface area contributed by atoms with Crippen molar-refractivity contribution < 1.29 is 4.74 Å². The summed E-state index contributed by atoms with van der Waals surface area (Å²) in [5, 5.41) is 3.42. The lowest BCUT2D eigenvalue weighted by atomic mass is 10.0. The summed E-state index contributed by atoms with van der Waals surface area (Å²) >= 11 is 0. The Bertz CT molecular complexity index is 375. The van der Waals surface area contributed by atoms with Gasteiger partial charge in [-0.25, -0.2) is 9.97 Å². The van der Waals surface area contributed by atoms with Gasteiger partial charge in [0.1, 0.15) is 18.0 Å². The molecular weight excluding hydrogens is 216 g/mol. The van der Waals surface area contributed by atoms with Crippen molar-refractivity contribution in [2.75, 3.05) is 24.3 Å². The molecule has 0 saturated carbocycles. The smallest absolute Gasteiger partial charge is 0.135 e. The Morgan fingerprint density at radius 2 is 2.29 bits per heavy atom. The predicted molar refractivity (Wildman–Crippen MR) is 68.0 cm³/mol. The fourth-order valence-corrected chi connectivity index (χ4v) is 2.14. The quantitative estimate of drug-likeness (QED) is 0.836. The van der Waals surface area contributed by atoms with Crippen molar-refractivity contribution in [2.24, 2.45) is 0 Å². The van der Waals surface area contributed by atoms with E-state index in [-0.39, 0.29) is 0 Å². The molecule has 2 heterocycles. The zero-order valence-corrected chi connectivity index (χ0v) is 10.4. The molecule has 2 rings (SSSR count). The van der Waals surface area contributed by atoms with Gasteiger partial charge in [0, 0.05) is 12.2 Å². The van der Waals surface area contributed by atoms with Crippen LogP contribution >= 0.6 is 0 Å². The van der Waals surface area contributed by atoms with E-state index in [9.17, 15) is 0 Å². The van der Waals surface area contributed by atoms with Gasteiger partial charge in [-0.1, -0.05) is 13.8 Å². The molecule has 94 valence electrons. The van der Waals surface area contributed by atoms with Gasteiger partial charge in [0.25, 0.3) is 0 Å². The average molecular weight is 236 g/mol. The van der Waals surface area contributed by atoms with Gasteiger partial charge in [0.15, 0.2) is 0 Å². The molecule has 1 unspecified atom stereocenters. The van der Waals surface area contributed by atoms with Gasteiger partial charge in [-0.05, 0) is 18.8 Å². The molecule has 1 fully saturated rings. The molecule has 1 saturated heterocycles. The zero-order chi connectivity index (χ0) is 12.3. The minimum atomic E-state index is 0.309. The first-order valence-electron chi connectivity index (χ1n) is 6.13. The van der Waals surface area contributed by atoms with E-state index in [1.807, 2.05) is 0 Å². The number of nitrogen functional groups attached to an aromatic ring is 1. The van der Waals surface area contributed by atoms with E-state index in [0.717, 1.165) is 37.4 Å². The van der Waals surface area contributed by atoms with Crippen molar-refractivity contribution >= 4 is 11.6 Å². The van der Waals surface area contributed by atoms with E-state index in [1.54, 1.807) is 0 Å². The molecule has 1 aliphatic rings. The average Bonchev–Trinajstić information content (AvgIpc) is 2.30. The molecule has 5 heteroatoms. The summed E-state index contributed by atoms with van der Waals surface area (Å²) in [4.78, 5) is 8.35. The molecule has 0 amide bonds. The Morgan fingerprint density at radius 1 is 1.47 bits per heavy atom. The SMILES string of the molecule is CC(C)c1c(N)ncnc1NC1CCCOC1. The van der Waals surface area contributed by atoms with Crippen LogP contribution in [0.2, 0.25) is 0 Å². The Morgan fingerprint density at radius 3 is 2.94 bits per heavy atom. The first kappa shape index (κ1) is 12.1. The molecule has 1 aromatic heterocycles.